The summed E-state index contributed by atoms with van der Waals surface area (Å²) in [5, 5.41) is 30.8. The van der Waals surface area contributed by atoms with Gasteiger partial charge in [-0.25, -0.2) is 9.59 Å². The Balaban J connectivity index is 1.38. The number of rotatable bonds is 15. The Labute approximate surface area is 289 Å². The van der Waals surface area contributed by atoms with Crippen molar-refractivity contribution in [2.45, 2.75) is 32.7 Å². The molecule has 2 amide bonds. The number of hydrogen-bond donors (Lipinski definition) is 4. The number of hydrogen-bond acceptors (Lipinski definition) is 12. The fourth-order valence-corrected chi connectivity index (χ4v) is 5.42. The lowest BCUT2D eigenvalue weighted by Gasteiger charge is -2.28. The third-order valence-electron chi connectivity index (χ3n) is 6.89. The maximum absolute atomic E-state index is 12.5. The van der Waals surface area contributed by atoms with E-state index in [1.165, 1.54) is 32.6 Å². The number of carbonyl (C=O) groups excluding carboxylic acids is 2. The first-order valence-corrected chi connectivity index (χ1v) is 15.6. The molecule has 0 radical (unpaired) electrons. The lowest BCUT2D eigenvalue weighted by Crippen LogP contribution is -2.45. The number of esters is 1. The molecule has 3 aromatic rings. The second kappa shape index (κ2) is 16.6. The maximum Gasteiger partial charge on any atom is 0.337 e. The summed E-state index contributed by atoms with van der Waals surface area (Å²) in [4.78, 5) is 35.1. The molecule has 48 heavy (non-hydrogen) atoms. The van der Waals surface area contributed by atoms with Gasteiger partial charge in [-0.05, 0) is 89.5 Å². The minimum absolute atomic E-state index is 0.00109. The van der Waals surface area contributed by atoms with Gasteiger partial charge in [0.2, 0.25) is 0 Å². The molecular weight excluding hydrogens is 741 g/mol. The van der Waals surface area contributed by atoms with Crippen LogP contribution in [0.1, 0.15) is 36.6 Å². The maximum atomic E-state index is 12.5. The Morgan fingerprint density at radius 2 is 1.85 bits per heavy atom. The van der Waals surface area contributed by atoms with Crippen LogP contribution < -0.4 is 35.0 Å². The molecule has 2 atom stereocenters. The standard InChI is InChI=1S/C32H34IN5O10/c1-5-46-25-14-21(29-28(31(40)45-4)18(2)35-32(41)36-29)8-11-24(25)47-17-27(39)37-34-15-20-12-23(33)30(26(13-20)44-3)48-16-19-6-9-22(10-7-19)38(42)43/h6-15,27,29,37,39H,5,16-17H2,1-4H3,(H2,35,36,41)/b34-15-/t27-,29+/m1/s1. The molecule has 0 saturated heterocycles. The summed E-state index contributed by atoms with van der Waals surface area (Å²) >= 11 is 2.10. The fraction of sp³-hybridized carbons (Fsp3) is 0.281. The lowest BCUT2D eigenvalue weighted by atomic mass is 9.95. The number of nitro benzene ring substituents is 1. The first kappa shape index (κ1) is 35.7. The van der Waals surface area contributed by atoms with Crippen LogP contribution in [-0.4, -0.2) is 61.9 Å². The van der Waals surface area contributed by atoms with E-state index in [2.05, 4.69) is 43.8 Å². The monoisotopic (exact) mass is 775 g/mol. The van der Waals surface area contributed by atoms with E-state index in [-0.39, 0.29) is 24.5 Å². The predicted octanol–water partition coefficient (Wildman–Crippen LogP) is 4.31. The molecule has 254 valence electrons. The Morgan fingerprint density at radius 3 is 2.52 bits per heavy atom. The smallest absolute Gasteiger partial charge is 0.337 e. The number of urea groups is 1. The van der Waals surface area contributed by atoms with Crippen LogP contribution in [0.25, 0.3) is 0 Å². The van der Waals surface area contributed by atoms with Crippen molar-refractivity contribution in [3.8, 4) is 23.0 Å². The van der Waals surface area contributed by atoms with E-state index in [1.54, 1.807) is 50.2 Å². The van der Waals surface area contributed by atoms with Crippen LogP contribution in [0.5, 0.6) is 23.0 Å². The van der Waals surface area contributed by atoms with Crippen molar-refractivity contribution >= 4 is 46.5 Å². The minimum atomic E-state index is -1.19. The van der Waals surface area contributed by atoms with Gasteiger partial charge < -0.3 is 39.4 Å². The molecule has 0 aliphatic carbocycles. The number of halogens is 1. The van der Waals surface area contributed by atoms with Gasteiger partial charge in [0, 0.05) is 17.8 Å². The van der Waals surface area contributed by atoms with Gasteiger partial charge in [0.05, 0.1) is 47.1 Å². The first-order valence-electron chi connectivity index (χ1n) is 14.5. The van der Waals surface area contributed by atoms with E-state index < -0.39 is 29.2 Å². The second-order valence-corrected chi connectivity index (χ2v) is 11.3. The molecule has 0 unspecified atom stereocenters. The number of amides is 2. The summed E-state index contributed by atoms with van der Waals surface area (Å²) in [5.74, 6) is 1.04. The van der Waals surface area contributed by atoms with Crippen molar-refractivity contribution in [3.05, 3.63) is 96.2 Å². The van der Waals surface area contributed by atoms with E-state index in [0.717, 1.165) is 9.13 Å². The van der Waals surface area contributed by atoms with E-state index in [4.69, 9.17) is 23.7 Å². The topological polar surface area (TPSA) is 192 Å². The molecule has 0 saturated carbocycles. The molecule has 4 rings (SSSR count). The quantitative estimate of drug-likeness (QED) is 0.0430. The van der Waals surface area contributed by atoms with Crippen molar-refractivity contribution in [1.29, 1.82) is 0 Å². The summed E-state index contributed by atoms with van der Waals surface area (Å²) in [7, 11) is 2.77. The van der Waals surface area contributed by atoms with Crippen LogP contribution in [0.4, 0.5) is 10.5 Å². The highest BCUT2D eigenvalue weighted by Gasteiger charge is 2.32. The summed E-state index contributed by atoms with van der Waals surface area (Å²) in [6, 6.07) is 13.3. The van der Waals surface area contributed by atoms with E-state index >= 15 is 0 Å². The number of methoxy groups -OCH3 is 2. The van der Waals surface area contributed by atoms with Crippen molar-refractivity contribution < 1.29 is 43.3 Å². The van der Waals surface area contributed by atoms with Gasteiger partial charge in [-0.15, -0.1) is 0 Å². The first-order chi connectivity index (χ1) is 23.0. The Morgan fingerprint density at radius 1 is 1.10 bits per heavy atom. The van der Waals surface area contributed by atoms with Crippen LogP contribution in [0.3, 0.4) is 0 Å². The van der Waals surface area contributed by atoms with E-state index in [9.17, 15) is 24.8 Å². The highest BCUT2D eigenvalue weighted by Crippen LogP contribution is 2.36. The number of aliphatic hydroxyl groups is 1. The fourth-order valence-electron chi connectivity index (χ4n) is 4.64. The molecule has 1 aliphatic heterocycles. The third-order valence-corrected chi connectivity index (χ3v) is 7.69. The van der Waals surface area contributed by atoms with Gasteiger partial charge in [-0.2, -0.15) is 5.10 Å². The lowest BCUT2D eigenvalue weighted by molar-refractivity contribution is -0.384. The largest absolute Gasteiger partial charge is 0.493 e. The van der Waals surface area contributed by atoms with E-state index in [0.29, 0.717) is 46.4 Å². The number of nitrogens with one attached hydrogen (secondary N) is 3. The number of ether oxygens (including phenoxy) is 5. The Bertz CT molecular complexity index is 1710. The number of nitro groups is 1. The predicted molar refractivity (Wildman–Crippen MR) is 182 cm³/mol. The average Bonchev–Trinajstić information content (AvgIpc) is 3.06. The number of hydrazone groups is 1. The van der Waals surface area contributed by atoms with Crippen LogP contribution in [0.15, 0.2) is 71.0 Å². The molecule has 0 aromatic heterocycles. The summed E-state index contributed by atoms with van der Waals surface area (Å²) < 4.78 is 28.6. The van der Waals surface area contributed by atoms with E-state index in [1.807, 2.05) is 6.07 Å². The molecule has 0 spiro atoms. The zero-order valence-electron chi connectivity index (χ0n) is 26.4. The van der Waals surface area contributed by atoms with Gasteiger partial charge in [-0.1, -0.05) is 6.07 Å². The zero-order valence-corrected chi connectivity index (χ0v) is 28.6. The third kappa shape index (κ3) is 9.03. The minimum Gasteiger partial charge on any atom is -0.493 e. The van der Waals surface area contributed by atoms with Crippen LogP contribution in [0, 0.1) is 13.7 Å². The molecule has 4 N–H and O–H groups in total. The highest BCUT2D eigenvalue weighted by atomic mass is 127. The summed E-state index contributed by atoms with van der Waals surface area (Å²) in [6.07, 6.45) is 0.303. The number of benzene rings is 3. The Hall–Kier alpha value is -5.10. The average molecular weight is 776 g/mol. The highest BCUT2D eigenvalue weighted by molar-refractivity contribution is 14.1. The number of aliphatic hydroxyl groups excluding tert-OH is 1. The summed E-state index contributed by atoms with van der Waals surface area (Å²) in [6.45, 7) is 3.71. The van der Waals surface area contributed by atoms with Gasteiger partial charge >= 0.3 is 12.0 Å². The molecule has 16 heteroatoms. The zero-order chi connectivity index (χ0) is 34.8. The van der Waals surface area contributed by atoms with Crippen molar-refractivity contribution in [2.75, 3.05) is 27.4 Å². The van der Waals surface area contributed by atoms with Gasteiger partial charge in [0.1, 0.15) is 13.2 Å². The SMILES string of the molecule is CCOc1cc([C@@H]2NC(=O)NC(C)=C2C(=O)OC)ccc1OC[C@@H](O)N/N=C\c1cc(I)c(OCc2ccc([N+](=O)[O-])cc2)c(OC)c1. The van der Waals surface area contributed by atoms with Crippen molar-refractivity contribution in [1.82, 2.24) is 16.1 Å². The van der Waals surface area contributed by atoms with Crippen molar-refractivity contribution in [3.63, 3.8) is 0 Å². The number of carbonyl (C=O) groups is 2. The number of allylic oxidation sites excluding steroid dienone is 1. The molecule has 3 aromatic carbocycles. The molecule has 15 nitrogen and oxygen atoms in total. The molecular formula is C32H34IN5O10. The second-order valence-electron chi connectivity index (χ2n) is 10.2. The van der Waals surface area contributed by atoms with Gasteiger partial charge in [0.25, 0.3) is 5.69 Å². The normalized spacial score (nSPS) is 14.9. The van der Waals surface area contributed by atoms with Crippen molar-refractivity contribution in [2.24, 2.45) is 5.10 Å². The molecule has 1 aliphatic rings. The van der Waals surface area contributed by atoms with Gasteiger partial charge in [-0.3, -0.25) is 15.5 Å². The summed E-state index contributed by atoms with van der Waals surface area (Å²) in [5.41, 5.74) is 5.21. The molecule has 0 bridgehead atoms. The van der Waals surface area contributed by atoms with Crippen LogP contribution >= 0.6 is 22.6 Å². The number of non-ortho nitro benzene ring substituents is 1. The van der Waals surface area contributed by atoms with Gasteiger partial charge in [0.15, 0.2) is 29.2 Å². The number of nitrogens with zero attached hydrogens (tertiary/aromatic N) is 2. The van der Waals surface area contributed by atoms with Crippen LogP contribution in [-0.2, 0) is 16.1 Å². The Kier molecular flexibility index (Phi) is 12.4. The van der Waals surface area contributed by atoms with Crippen LogP contribution in [0.2, 0.25) is 0 Å². The molecule has 0 fully saturated rings. The molecule has 1 heterocycles.